The molecule has 5 heteroatoms. The van der Waals surface area contributed by atoms with Gasteiger partial charge in [0.15, 0.2) is 5.58 Å². The highest BCUT2D eigenvalue weighted by Gasteiger charge is 2.51. The predicted molar refractivity (Wildman–Crippen MR) is 227 cm³/mol. The van der Waals surface area contributed by atoms with Crippen LogP contribution in [0, 0.1) is 0 Å². The highest BCUT2D eigenvalue weighted by Crippen LogP contribution is 2.51. The predicted octanol–water partition coefficient (Wildman–Crippen LogP) is 10.2. The van der Waals surface area contributed by atoms with Gasteiger partial charge >= 0.3 is 6.85 Å². The van der Waals surface area contributed by atoms with Gasteiger partial charge in [0.05, 0.1) is 5.69 Å². The molecule has 0 bridgehead atoms. The van der Waals surface area contributed by atoms with Gasteiger partial charge in [-0.2, -0.15) is 0 Å². The molecular formula is C48H33BN2OSi. The summed E-state index contributed by atoms with van der Waals surface area (Å²) in [6, 6.07) is 60.7. The molecular weight excluding hydrogens is 659 g/mol. The average molecular weight is 693 g/mol. The van der Waals surface area contributed by atoms with Crippen LogP contribution in [0.15, 0.2) is 168 Å². The first-order valence-electron chi connectivity index (χ1n) is 18.6. The van der Waals surface area contributed by atoms with Crippen molar-refractivity contribution in [3.05, 3.63) is 164 Å². The molecule has 0 saturated carbocycles. The van der Waals surface area contributed by atoms with E-state index in [-0.39, 0.29) is 6.85 Å². The van der Waals surface area contributed by atoms with E-state index in [9.17, 15) is 0 Å². The third-order valence-corrected chi connectivity index (χ3v) is 15.7. The van der Waals surface area contributed by atoms with Gasteiger partial charge in [0.1, 0.15) is 13.7 Å². The second kappa shape index (κ2) is 10.4. The van der Waals surface area contributed by atoms with Crippen molar-refractivity contribution in [3.63, 3.8) is 0 Å². The Morgan fingerprint density at radius 2 is 1.23 bits per heavy atom. The number of nitrogens with zero attached hydrogens (tertiary/aromatic N) is 2. The number of benzene rings is 8. The van der Waals surface area contributed by atoms with Crippen LogP contribution in [-0.2, 0) is 0 Å². The van der Waals surface area contributed by atoms with Crippen molar-refractivity contribution in [3.8, 4) is 22.3 Å². The van der Waals surface area contributed by atoms with Crippen molar-refractivity contribution >= 4 is 97.4 Å². The van der Waals surface area contributed by atoms with Gasteiger partial charge in [-0.25, -0.2) is 0 Å². The van der Waals surface area contributed by atoms with E-state index in [1.807, 2.05) is 0 Å². The van der Waals surface area contributed by atoms with Gasteiger partial charge < -0.3 is 14.1 Å². The lowest BCUT2D eigenvalue weighted by atomic mass is 9.43. The zero-order valence-electron chi connectivity index (χ0n) is 29.5. The van der Waals surface area contributed by atoms with Crippen LogP contribution in [0.1, 0.15) is 0 Å². The number of para-hydroxylation sites is 3. The lowest BCUT2D eigenvalue weighted by molar-refractivity contribution is 0.669. The summed E-state index contributed by atoms with van der Waals surface area (Å²) >= 11 is 0. The molecule has 0 radical (unpaired) electrons. The Morgan fingerprint density at radius 3 is 2.08 bits per heavy atom. The molecule has 248 valence electrons. The summed E-state index contributed by atoms with van der Waals surface area (Å²) in [6.45, 7) is 4.96. The third-order valence-electron chi connectivity index (χ3n) is 12.2. The Labute approximate surface area is 309 Å². The molecule has 9 aromatic rings. The minimum Gasteiger partial charge on any atom is -0.454 e. The topological polar surface area (TPSA) is 19.6 Å². The van der Waals surface area contributed by atoms with Gasteiger partial charge in [-0.3, -0.25) is 0 Å². The Hall–Kier alpha value is -6.30. The molecule has 0 fully saturated rings. The summed E-state index contributed by atoms with van der Waals surface area (Å²) in [6.07, 6.45) is 0. The van der Waals surface area contributed by atoms with Crippen LogP contribution in [0.25, 0.3) is 55.0 Å². The fourth-order valence-corrected chi connectivity index (χ4v) is 12.7. The van der Waals surface area contributed by atoms with Gasteiger partial charge in [-0.15, -0.1) is 0 Å². The van der Waals surface area contributed by atoms with Crippen molar-refractivity contribution in [1.29, 1.82) is 0 Å². The number of furan rings is 1. The average Bonchev–Trinajstić information content (AvgIpc) is 3.59. The molecule has 0 saturated heterocycles. The molecule has 8 aromatic carbocycles. The van der Waals surface area contributed by atoms with Gasteiger partial charge in [-0.05, 0) is 91.2 Å². The van der Waals surface area contributed by atoms with Gasteiger partial charge in [0.25, 0.3) is 0 Å². The standard InChI is InChI=1S/C48H33BN2OSi/c1-53(2)43-21-11-9-19-40(43)50-46-39(18-12-22-44(46)53)49-45-37(29-38-35-17-8-10-20-42(35)52-48(38)47(45)50)36-27-32-15-6-7-16-33(32)28-41(36)51(49)34-25-23-31(24-26-34)30-13-4-3-5-14-30/h3-29H,1-2H3. The second-order valence-electron chi connectivity index (χ2n) is 15.3. The smallest absolute Gasteiger partial charge is 0.333 e. The zero-order valence-corrected chi connectivity index (χ0v) is 30.5. The molecule has 12 rings (SSSR count). The van der Waals surface area contributed by atoms with Crippen LogP contribution in [0.4, 0.5) is 28.4 Å². The summed E-state index contributed by atoms with van der Waals surface area (Å²) in [5, 5.41) is 7.72. The fraction of sp³-hybridized carbons (Fsp3) is 0.0417. The fourth-order valence-electron chi connectivity index (χ4n) is 9.75. The number of anilines is 5. The van der Waals surface area contributed by atoms with E-state index in [2.05, 4.69) is 187 Å². The van der Waals surface area contributed by atoms with Gasteiger partial charge in [0, 0.05) is 39.1 Å². The SMILES string of the molecule is C[Si]1(C)c2ccccc2N2c3c(cccc31)B1c3c(cc4c(oc5ccccc54)c32)-c2cc3ccccc3cc2N1c1ccc(-c2ccccc2)cc1. The Morgan fingerprint density at radius 1 is 0.528 bits per heavy atom. The third kappa shape index (κ3) is 3.84. The van der Waals surface area contributed by atoms with E-state index in [0.29, 0.717) is 0 Å². The largest absolute Gasteiger partial charge is 0.454 e. The van der Waals surface area contributed by atoms with Crippen LogP contribution in [-0.4, -0.2) is 14.9 Å². The Kier molecular flexibility index (Phi) is 5.75. The lowest BCUT2D eigenvalue weighted by Gasteiger charge is -2.50. The highest BCUT2D eigenvalue weighted by molar-refractivity contribution is 7.04. The molecule has 0 N–H and O–H groups in total. The monoisotopic (exact) mass is 692 g/mol. The summed E-state index contributed by atoms with van der Waals surface area (Å²) in [4.78, 5) is 5.21. The normalized spacial score (nSPS) is 14.6. The maximum atomic E-state index is 7.02. The zero-order chi connectivity index (χ0) is 35.0. The number of hydrogen-bond acceptors (Lipinski definition) is 3. The molecule has 0 amide bonds. The van der Waals surface area contributed by atoms with E-state index in [1.165, 1.54) is 82.8 Å². The molecule has 0 aliphatic carbocycles. The number of hydrogen-bond donors (Lipinski definition) is 0. The van der Waals surface area contributed by atoms with Crippen LogP contribution in [0.5, 0.6) is 0 Å². The van der Waals surface area contributed by atoms with Crippen LogP contribution >= 0.6 is 0 Å². The number of fused-ring (bicyclic) bond motifs is 11. The molecule has 0 atom stereocenters. The summed E-state index contributed by atoms with van der Waals surface area (Å²) in [7, 11) is -2.09. The Bertz CT molecular complexity index is 3000. The lowest BCUT2D eigenvalue weighted by Crippen LogP contribution is -2.67. The van der Waals surface area contributed by atoms with Crippen molar-refractivity contribution in [2.75, 3.05) is 9.71 Å². The van der Waals surface area contributed by atoms with Crippen LogP contribution in [0.3, 0.4) is 0 Å². The van der Waals surface area contributed by atoms with E-state index in [0.717, 1.165) is 21.9 Å². The molecule has 0 spiro atoms. The van der Waals surface area contributed by atoms with Gasteiger partial charge in [-0.1, -0.05) is 134 Å². The summed E-state index contributed by atoms with van der Waals surface area (Å²) in [5.41, 5.74) is 15.6. The van der Waals surface area contributed by atoms with Crippen LogP contribution in [0.2, 0.25) is 13.1 Å². The maximum absolute atomic E-state index is 7.02. The second-order valence-corrected chi connectivity index (χ2v) is 19.6. The van der Waals surface area contributed by atoms with E-state index >= 15 is 0 Å². The molecule has 3 aliphatic rings. The first-order valence-corrected chi connectivity index (χ1v) is 21.6. The molecule has 4 heterocycles. The molecule has 1 aromatic heterocycles. The molecule has 3 aliphatic heterocycles. The van der Waals surface area contributed by atoms with E-state index < -0.39 is 8.07 Å². The van der Waals surface area contributed by atoms with E-state index in [1.54, 1.807) is 0 Å². The molecule has 53 heavy (non-hydrogen) atoms. The first-order chi connectivity index (χ1) is 26.1. The highest BCUT2D eigenvalue weighted by atomic mass is 28.3. The van der Waals surface area contributed by atoms with Gasteiger partial charge in [0.2, 0.25) is 0 Å². The number of rotatable bonds is 2. The minimum atomic E-state index is -2.09. The quantitative estimate of drug-likeness (QED) is 0.168. The summed E-state index contributed by atoms with van der Waals surface area (Å²) in [5.74, 6) is 0. The van der Waals surface area contributed by atoms with Crippen molar-refractivity contribution in [2.24, 2.45) is 0 Å². The van der Waals surface area contributed by atoms with Crippen molar-refractivity contribution < 1.29 is 4.42 Å². The van der Waals surface area contributed by atoms with E-state index in [4.69, 9.17) is 4.42 Å². The van der Waals surface area contributed by atoms with Crippen LogP contribution < -0.4 is 31.0 Å². The first kappa shape index (κ1) is 29.3. The molecule has 0 unspecified atom stereocenters. The minimum absolute atomic E-state index is 0.0740. The summed E-state index contributed by atoms with van der Waals surface area (Å²) < 4.78 is 7.02. The maximum Gasteiger partial charge on any atom is 0.333 e. The van der Waals surface area contributed by atoms with Crippen molar-refractivity contribution in [1.82, 2.24) is 0 Å². The molecule has 3 nitrogen and oxygen atoms in total. The van der Waals surface area contributed by atoms with Crippen molar-refractivity contribution in [2.45, 2.75) is 13.1 Å². The Balaban J connectivity index is 1.25.